The summed E-state index contributed by atoms with van der Waals surface area (Å²) in [6.45, 7) is 1.56. The Morgan fingerprint density at radius 3 is 1.82 bits per heavy atom. The first-order valence-electron chi connectivity index (χ1n) is 12.3. The molecule has 0 saturated heterocycles. The van der Waals surface area contributed by atoms with E-state index in [0.29, 0.717) is 44.0 Å². The van der Waals surface area contributed by atoms with E-state index in [1.165, 1.54) is 0 Å². The van der Waals surface area contributed by atoms with E-state index in [9.17, 15) is 0 Å². The predicted molar refractivity (Wildman–Crippen MR) is 148 cm³/mol. The average molecular weight is 513 g/mol. The number of ether oxygens (including phenoxy) is 4. The maximum atomic E-state index is 8.12. The van der Waals surface area contributed by atoms with Crippen LogP contribution in [0.3, 0.4) is 0 Å². The molecule has 4 rings (SSSR count). The minimum absolute atomic E-state index is 0.115. The minimum atomic E-state index is 0.115. The molecule has 0 aliphatic carbocycles. The van der Waals surface area contributed by atoms with Gasteiger partial charge in [-0.1, -0.05) is 42.5 Å². The van der Waals surface area contributed by atoms with Crippen molar-refractivity contribution in [2.24, 2.45) is 0 Å². The van der Waals surface area contributed by atoms with Crippen molar-refractivity contribution in [2.45, 2.75) is 6.42 Å². The zero-order valence-electron chi connectivity index (χ0n) is 21.6. The van der Waals surface area contributed by atoms with Gasteiger partial charge in [0.1, 0.15) is 19.0 Å². The molecule has 0 aliphatic heterocycles. The molecule has 196 valence electrons. The van der Waals surface area contributed by atoms with Crippen LogP contribution in [0.25, 0.3) is 16.9 Å². The van der Waals surface area contributed by atoms with Gasteiger partial charge in [-0.3, -0.25) is 10.8 Å². The van der Waals surface area contributed by atoms with Crippen LogP contribution in [0.15, 0.2) is 85.1 Å². The summed E-state index contributed by atoms with van der Waals surface area (Å²) in [6, 6.07) is 25.5. The zero-order valence-corrected chi connectivity index (χ0v) is 21.6. The highest BCUT2D eigenvalue weighted by molar-refractivity contribution is 5.92. The molecule has 1 aromatic heterocycles. The SMILES string of the molecule is COCCOC(=N)c1ccc(Cc2nc(-c3ccc(C(=N)OCCOC)cc3)cn2-c2ccccc2)cc1. The molecule has 4 aromatic rings. The van der Waals surface area contributed by atoms with Crippen molar-refractivity contribution in [1.82, 2.24) is 9.55 Å². The average Bonchev–Trinajstić information content (AvgIpc) is 3.38. The second-order valence-electron chi connectivity index (χ2n) is 8.54. The number of nitrogens with zero attached hydrogens (tertiary/aromatic N) is 2. The highest BCUT2D eigenvalue weighted by Gasteiger charge is 2.13. The molecule has 0 amide bonds. The number of imidazole rings is 1. The number of methoxy groups -OCH3 is 2. The largest absolute Gasteiger partial charge is 0.475 e. The van der Waals surface area contributed by atoms with E-state index in [4.69, 9.17) is 34.7 Å². The van der Waals surface area contributed by atoms with Crippen molar-refractivity contribution < 1.29 is 18.9 Å². The third-order valence-corrected chi connectivity index (χ3v) is 5.90. The Hall–Kier alpha value is -4.27. The number of benzene rings is 3. The second-order valence-corrected chi connectivity index (χ2v) is 8.54. The van der Waals surface area contributed by atoms with Gasteiger partial charge in [0.05, 0.1) is 18.9 Å². The second kappa shape index (κ2) is 13.3. The number of hydrogen-bond donors (Lipinski definition) is 2. The molecule has 38 heavy (non-hydrogen) atoms. The van der Waals surface area contributed by atoms with Crippen molar-refractivity contribution in [1.29, 1.82) is 10.8 Å². The number of aromatic nitrogens is 2. The lowest BCUT2D eigenvalue weighted by molar-refractivity contribution is 0.141. The van der Waals surface area contributed by atoms with Gasteiger partial charge in [-0.05, 0) is 42.0 Å². The van der Waals surface area contributed by atoms with Crippen LogP contribution in [0.1, 0.15) is 22.5 Å². The molecule has 8 nitrogen and oxygen atoms in total. The van der Waals surface area contributed by atoms with E-state index in [1.54, 1.807) is 14.2 Å². The van der Waals surface area contributed by atoms with Crippen LogP contribution in [-0.2, 0) is 25.4 Å². The Morgan fingerprint density at radius 1 is 0.711 bits per heavy atom. The molecular weight excluding hydrogens is 480 g/mol. The van der Waals surface area contributed by atoms with Crippen LogP contribution in [0.5, 0.6) is 0 Å². The Morgan fingerprint density at radius 2 is 1.26 bits per heavy atom. The number of nitrogens with one attached hydrogen (secondary N) is 2. The lowest BCUT2D eigenvalue weighted by Gasteiger charge is -2.09. The predicted octanol–water partition coefficient (Wildman–Crippen LogP) is 5.11. The van der Waals surface area contributed by atoms with Crippen molar-refractivity contribution in [2.75, 3.05) is 40.6 Å². The molecule has 0 spiro atoms. The molecule has 0 radical (unpaired) electrons. The summed E-state index contributed by atoms with van der Waals surface area (Å²) in [7, 11) is 3.21. The van der Waals surface area contributed by atoms with Crippen LogP contribution in [0.4, 0.5) is 0 Å². The Kier molecular flexibility index (Phi) is 9.39. The first kappa shape index (κ1) is 26.8. The fourth-order valence-electron chi connectivity index (χ4n) is 3.86. The van der Waals surface area contributed by atoms with E-state index >= 15 is 0 Å². The molecule has 0 unspecified atom stereocenters. The van der Waals surface area contributed by atoms with Crippen LogP contribution in [0, 0.1) is 10.8 Å². The molecule has 0 atom stereocenters. The van der Waals surface area contributed by atoms with Gasteiger partial charge in [0.15, 0.2) is 0 Å². The molecule has 0 aliphatic rings. The van der Waals surface area contributed by atoms with Gasteiger partial charge in [0.25, 0.3) is 0 Å². The summed E-state index contributed by atoms with van der Waals surface area (Å²) in [6.07, 6.45) is 2.65. The molecule has 1 heterocycles. The Bertz CT molecular complexity index is 1330. The van der Waals surface area contributed by atoms with Crippen molar-refractivity contribution in [3.63, 3.8) is 0 Å². The van der Waals surface area contributed by atoms with E-state index in [1.807, 2.05) is 72.9 Å². The minimum Gasteiger partial charge on any atom is -0.475 e. The molecule has 0 saturated carbocycles. The third-order valence-electron chi connectivity index (χ3n) is 5.90. The van der Waals surface area contributed by atoms with E-state index in [0.717, 1.165) is 28.3 Å². The molecule has 8 heteroatoms. The Labute approximate surface area is 222 Å². The quantitative estimate of drug-likeness (QED) is 0.156. The summed E-state index contributed by atoms with van der Waals surface area (Å²) in [5.74, 6) is 1.14. The van der Waals surface area contributed by atoms with Gasteiger partial charge in [0, 0.05) is 49.2 Å². The zero-order chi connectivity index (χ0) is 26.7. The van der Waals surface area contributed by atoms with Gasteiger partial charge < -0.3 is 23.5 Å². The lowest BCUT2D eigenvalue weighted by atomic mass is 10.1. The molecule has 0 bridgehead atoms. The van der Waals surface area contributed by atoms with Crippen LogP contribution in [0.2, 0.25) is 0 Å². The number of para-hydroxylation sites is 1. The van der Waals surface area contributed by atoms with Gasteiger partial charge in [-0.15, -0.1) is 0 Å². The third kappa shape index (κ3) is 6.94. The summed E-state index contributed by atoms with van der Waals surface area (Å²) in [4.78, 5) is 4.98. The van der Waals surface area contributed by atoms with Crippen LogP contribution < -0.4 is 0 Å². The molecule has 3 aromatic carbocycles. The van der Waals surface area contributed by atoms with E-state index in [-0.39, 0.29) is 11.8 Å². The van der Waals surface area contributed by atoms with Gasteiger partial charge in [-0.2, -0.15) is 0 Å². The first-order valence-corrected chi connectivity index (χ1v) is 12.3. The topological polar surface area (TPSA) is 102 Å². The fraction of sp³-hybridized carbons (Fsp3) is 0.233. The first-order chi connectivity index (χ1) is 18.6. The van der Waals surface area contributed by atoms with Gasteiger partial charge >= 0.3 is 0 Å². The van der Waals surface area contributed by atoms with Gasteiger partial charge in [-0.25, -0.2) is 4.98 Å². The summed E-state index contributed by atoms with van der Waals surface area (Å²) in [5, 5.41) is 16.2. The highest BCUT2D eigenvalue weighted by Crippen LogP contribution is 2.24. The molecule has 2 N–H and O–H groups in total. The van der Waals surface area contributed by atoms with Gasteiger partial charge in [0.2, 0.25) is 11.8 Å². The maximum Gasteiger partial charge on any atom is 0.213 e. The number of hydrogen-bond acceptors (Lipinski definition) is 7. The summed E-state index contributed by atoms with van der Waals surface area (Å²) in [5.41, 5.74) is 5.30. The normalized spacial score (nSPS) is 10.8. The van der Waals surface area contributed by atoms with E-state index < -0.39 is 0 Å². The van der Waals surface area contributed by atoms with Crippen molar-refractivity contribution >= 4 is 11.8 Å². The smallest absolute Gasteiger partial charge is 0.213 e. The highest BCUT2D eigenvalue weighted by atomic mass is 16.5. The monoisotopic (exact) mass is 512 g/mol. The Balaban J connectivity index is 1.55. The maximum absolute atomic E-state index is 8.12. The molecular formula is C30H32N4O4. The number of rotatable bonds is 12. The summed E-state index contributed by atoms with van der Waals surface area (Å²) >= 11 is 0. The van der Waals surface area contributed by atoms with Crippen molar-refractivity contribution in [3.05, 3.63) is 108 Å². The fourth-order valence-corrected chi connectivity index (χ4v) is 3.86. The standard InChI is InChI=1S/C30H32N4O4/c1-35-16-18-37-29(31)24-10-8-22(9-11-24)20-28-33-27(21-34(28)26-6-4-3-5-7-26)23-12-14-25(15-13-23)30(32)38-19-17-36-2/h3-15,21,31-32H,16-20H2,1-2H3. The lowest BCUT2D eigenvalue weighted by Crippen LogP contribution is -2.10. The van der Waals surface area contributed by atoms with Crippen LogP contribution >= 0.6 is 0 Å². The van der Waals surface area contributed by atoms with Crippen molar-refractivity contribution in [3.8, 4) is 16.9 Å². The molecule has 0 fully saturated rings. The summed E-state index contributed by atoms with van der Waals surface area (Å²) < 4.78 is 22.9. The van der Waals surface area contributed by atoms with E-state index in [2.05, 4.69) is 16.7 Å². The van der Waals surface area contributed by atoms with Crippen LogP contribution in [-0.4, -0.2) is 62.0 Å².